The molecule has 0 fully saturated rings. The highest BCUT2D eigenvalue weighted by molar-refractivity contribution is 9.10. The number of halogens is 1. The summed E-state index contributed by atoms with van der Waals surface area (Å²) in [6.07, 6.45) is -0.506. The van der Waals surface area contributed by atoms with E-state index in [0.29, 0.717) is 0 Å². The lowest BCUT2D eigenvalue weighted by Gasteiger charge is -2.09. The molecule has 88 valence electrons. The highest BCUT2D eigenvalue weighted by Gasteiger charge is 2.08. The Kier molecular flexibility index (Phi) is 5.31. The summed E-state index contributed by atoms with van der Waals surface area (Å²) in [5, 5.41) is 9.44. The summed E-state index contributed by atoms with van der Waals surface area (Å²) >= 11 is 4.78. The molecule has 0 amide bonds. The second-order valence-corrected chi connectivity index (χ2v) is 5.13. The molecule has 0 spiro atoms. The summed E-state index contributed by atoms with van der Waals surface area (Å²) in [6, 6.07) is 5.60. The lowest BCUT2D eigenvalue weighted by Crippen LogP contribution is -2.02. The fourth-order valence-corrected chi connectivity index (χ4v) is 2.77. The SMILES string of the molecule is COC(=O)CSc1ccc(C(C)O)c(Br)c1. The minimum absolute atomic E-state index is 0.249. The van der Waals surface area contributed by atoms with Crippen molar-refractivity contribution in [3.8, 4) is 0 Å². The summed E-state index contributed by atoms with van der Waals surface area (Å²) in [7, 11) is 1.37. The highest BCUT2D eigenvalue weighted by atomic mass is 79.9. The minimum atomic E-state index is -0.506. The van der Waals surface area contributed by atoms with Crippen molar-refractivity contribution >= 4 is 33.7 Å². The molecular weight excluding hydrogens is 292 g/mol. The number of rotatable bonds is 4. The van der Waals surface area contributed by atoms with Crippen LogP contribution in [0.4, 0.5) is 0 Å². The Bertz CT molecular complexity index is 379. The molecule has 0 bridgehead atoms. The molecule has 0 heterocycles. The third kappa shape index (κ3) is 3.81. The Morgan fingerprint density at radius 1 is 1.62 bits per heavy atom. The molecule has 1 aromatic carbocycles. The number of esters is 1. The van der Waals surface area contributed by atoms with Crippen LogP contribution in [-0.2, 0) is 9.53 Å². The van der Waals surface area contributed by atoms with E-state index < -0.39 is 6.10 Å². The van der Waals surface area contributed by atoms with Crippen LogP contribution in [0.25, 0.3) is 0 Å². The first kappa shape index (κ1) is 13.5. The van der Waals surface area contributed by atoms with Crippen molar-refractivity contribution in [1.82, 2.24) is 0 Å². The lowest BCUT2D eigenvalue weighted by atomic mass is 10.1. The average Bonchev–Trinajstić information content (AvgIpc) is 2.25. The maximum atomic E-state index is 11.0. The van der Waals surface area contributed by atoms with Crippen LogP contribution in [0.3, 0.4) is 0 Å². The van der Waals surface area contributed by atoms with Gasteiger partial charge in [0.2, 0.25) is 0 Å². The Balaban J connectivity index is 2.70. The number of thioether (sulfide) groups is 1. The van der Waals surface area contributed by atoms with Gasteiger partial charge < -0.3 is 9.84 Å². The Morgan fingerprint density at radius 2 is 2.31 bits per heavy atom. The molecule has 0 aliphatic carbocycles. The molecule has 0 radical (unpaired) electrons. The van der Waals surface area contributed by atoms with E-state index >= 15 is 0 Å². The number of ether oxygens (including phenoxy) is 1. The van der Waals surface area contributed by atoms with Crippen molar-refractivity contribution in [1.29, 1.82) is 0 Å². The van der Waals surface area contributed by atoms with Gasteiger partial charge in [-0.2, -0.15) is 0 Å². The molecule has 0 saturated heterocycles. The summed E-state index contributed by atoms with van der Waals surface area (Å²) in [4.78, 5) is 11.9. The number of carbonyl (C=O) groups is 1. The second-order valence-electron chi connectivity index (χ2n) is 3.22. The van der Waals surface area contributed by atoms with Crippen molar-refractivity contribution in [2.45, 2.75) is 17.9 Å². The van der Waals surface area contributed by atoms with E-state index in [1.165, 1.54) is 18.9 Å². The van der Waals surface area contributed by atoms with Gasteiger partial charge in [-0.15, -0.1) is 11.8 Å². The van der Waals surface area contributed by atoms with Crippen LogP contribution in [0, 0.1) is 0 Å². The Hall–Kier alpha value is -0.520. The van der Waals surface area contributed by atoms with Gasteiger partial charge in [0.25, 0.3) is 0 Å². The van der Waals surface area contributed by atoms with E-state index in [1.54, 1.807) is 6.92 Å². The highest BCUT2D eigenvalue weighted by Crippen LogP contribution is 2.28. The molecule has 0 aromatic heterocycles. The smallest absolute Gasteiger partial charge is 0.315 e. The van der Waals surface area contributed by atoms with E-state index in [4.69, 9.17) is 0 Å². The van der Waals surface area contributed by atoms with Crippen molar-refractivity contribution in [2.24, 2.45) is 0 Å². The first-order valence-electron chi connectivity index (χ1n) is 4.71. The van der Waals surface area contributed by atoms with Crippen LogP contribution in [0.5, 0.6) is 0 Å². The van der Waals surface area contributed by atoms with Crippen LogP contribution in [-0.4, -0.2) is 23.9 Å². The maximum Gasteiger partial charge on any atom is 0.315 e. The van der Waals surface area contributed by atoms with Gasteiger partial charge in [0.15, 0.2) is 0 Å². The van der Waals surface area contributed by atoms with Gasteiger partial charge in [-0.25, -0.2) is 0 Å². The standard InChI is InChI=1S/C11H13BrO3S/c1-7(13)9-4-3-8(5-10(9)12)16-6-11(14)15-2/h3-5,7,13H,6H2,1-2H3. The molecule has 0 saturated carbocycles. The molecule has 0 aliphatic heterocycles. The van der Waals surface area contributed by atoms with E-state index in [2.05, 4.69) is 20.7 Å². The predicted molar refractivity (Wildman–Crippen MR) is 67.5 cm³/mol. The van der Waals surface area contributed by atoms with E-state index in [1.807, 2.05) is 18.2 Å². The second kappa shape index (κ2) is 6.27. The normalized spacial score (nSPS) is 12.2. The quantitative estimate of drug-likeness (QED) is 0.686. The van der Waals surface area contributed by atoms with Gasteiger partial charge in [-0.05, 0) is 24.6 Å². The summed E-state index contributed by atoms with van der Waals surface area (Å²) in [5.41, 5.74) is 0.836. The van der Waals surface area contributed by atoms with Crippen LogP contribution in [0.1, 0.15) is 18.6 Å². The first-order valence-corrected chi connectivity index (χ1v) is 6.49. The number of aliphatic hydroxyl groups excluding tert-OH is 1. The molecular formula is C11H13BrO3S. The van der Waals surface area contributed by atoms with Crippen LogP contribution in [0.15, 0.2) is 27.6 Å². The molecule has 1 N–H and O–H groups in total. The van der Waals surface area contributed by atoms with E-state index in [0.717, 1.165) is 14.9 Å². The Labute approximate surface area is 107 Å². The van der Waals surface area contributed by atoms with Gasteiger partial charge in [0.1, 0.15) is 0 Å². The Morgan fingerprint density at radius 3 is 2.81 bits per heavy atom. The van der Waals surface area contributed by atoms with Gasteiger partial charge in [-0.3, -0.25) is 4.79 Å². The van der Waals surface area contributed by atoms with E-state index in [9.17, 15) is 9.90 Å². The zero-order valence-corrected chi connectivity index (χ0v) is 11.5. The van der Waals surface area contributed by atoms with Crippen LogP contribution >= 0.6 is 27.7 Å². The maximum absolute atomic E-state index is 11.0. The van der Waals surface area contributed by atoms with Crippen molar-refractivity contribution in [2.75, 3.05) is 12.9 Å². The molecule has 5 heteroatoms. The third-order valence-electron chi connectivity index (χ3n) is 2.01. The van der Waals surface area contributed by atoms with Crippen LogP contribution in [0.2, 0.25) is 0 Å². The van der Waals surface area contributed by atoms with Gasteiger partial charge in [0, 0.05) is 9.37 Å². The topological polar surface area (TPSA) is 46.5 Å². The molecule has 16 heavy (non-hydrogen) atoms. The molecule has 1 rings (SSSR count). The summed E-state index contributed by atoms with van der Waals surface area (Å²) in [6.45, 7) is 1.71. The van der Waals surface area contributed by atoms with Gasteiger partial charge in [-0.1, -0.05) is 22.0 Å². The number of methoxy groups -OCH3 is 1. The fraction of sp³-hybridized carbons (Fsp3) is 0.364. The average molecular weight is 305 g/mol. The third-order valence-corrected chi connectivity index (χ3v) is 3.66. The van der Waals surface area contributed by atoms with Crippen molar-refractivity contribution in [3.05, 3.63) is 28.2 Å². The summed E-state index contributed by atoms with van der Waals surface area (Å²) in [5.74, 6) is 0.0393. The van der Waals surface area contributed by atoms with Crippen molar-refractivity contribution in [3.63, 3.8) is 0 Å². The molecule has 1 aromatic rings. The predicted octanol–water partition coefficient (Wildman–Crippen LogP) is 2.77. The minimum Gasteiger partial charge on any atom is -0.468 e. The molecule has 1 atom stereocenters. The zero-order valence-electron chi connectivity index (χ0n) is 9.07. The molecule has 1 unspecified atom stereocenters. The van der Waals surface area contributed by atoms with E-state index in [-0.39, 0.29) is 11.7 Å². The van der Waals surface area contributed by atoms with Crippen LogP contribution < -0.4 is 0 Å². The number of benzene rings is 1. The largest absolute Gasteiger partial charge is 0.468 e. The zero-order chi connectivity index (χ0) is 12.1. The fourth-order valence-electron chi connectivity index (χ4n) is 1.14. The number of hydrogen-bond acceptors (Lipinski definition) is 4. The monoisotopic (exact) mass is 304 g/mol. The van der Waals surface area contributed by atoms with Gasteiger partial charge >= 0.3 is 5.97 Å². The lowest BCUT2D eigenvalue weighted by molar-refractivity contribution is -0.137. The number of aliphatic hydroxyl groups is 1. The van der Waals surface area contributed by atoms with Gasteiger partial charge in [0.05, 0.1) is 19.0 Å². The molecule has 0 aliphatic rings. The number of hydrogen-bond donors (Lipinski definition) is 1. The van der Waals surface area contributed by atoms with Crippen molar-refractivity contribution < 1.29 is 14.6 Å². The number of carbonyl (C=O) groups excluding carboxylic acids is 1. The molecule has 3 nitrogen and oxygen atoms in total. The summed E-state index contributed by atoms with van der Waals surface area (Å²) < 4.78 is 5.40. The first-order chi connectivity index (χ1) is 7.54.